The molecule has 1 N–H and O–H groups in total. The van der Waals surface area contributed by atoms with Crippen molar-refractivity contribution in [3.63, 3.8) is 0 Å². The van der Waals surface area contributed by atoms with E-state index in [1.165, 1.54) is 0 Å². The lowest BCUT2D eigenvalue weighted by atomic mass is 10.0. The molecule has 0 saturated heterocycles. The summed E-state index contributed by atoms with van der Waals surface area (Å²) in [5, 5.41) is 0. The van der Waals surface area contributed by atoms with E-state index in [0.29, 0.717) is 17.2 Å². The molecule has 1 heterocycles. The molecule has 0 unspecified atom stereocenters. The van der Waals surface area contributed by atoms with E-state index in [-0.39, 0.29) is 25.4 Å². The van der Waals surface area contributed by atoms with Gasteiger partial charge in [-0.15, -0.1) is 0 Å². The van der Waals surface area contributed by atoms with Crippen molar-refractivity contribution in [3.05, 3.63) is 66.9 Å². The highest BCUT2D eigenvalue weighted by molar-refractivity contribution is 7.89. The molecule has 2 aromatic carbocycles. The maximum Gasteiger partial charge on any atom is 0.259 e. The van der Waals surface area contributed by atoms with Gasteiger partial charge < -0.3 is 9.64 Å². The maximum atomic E-state index is 12.1. The average Bonchev–Trinajstić information content (AvgIpc) is 2.90. The van der Waals surface area contributed by atoms with E-state index in [4.69, 9.17) is 24.3 Å². The summed E-state index contributed by atoms with van der Waals surface area (Å²) in [6.07, 6.45) is -2.25. The molecule has 0 aliphatic heterocycles. The van der Waals surface area contributed by atoms with Gasteiger partial charge in [0.05, 0.1) is 29.3 Å². The van der Waals surface area contributed by atoms with Crippen LogP contribution in [0.4, 0.5) is 5.82 Å². The van der Waals surface area contributed by atoms with Crippen LogP contribution in [0.5, 0.6) is 0 Å². The molecule has 9 heteroatoms. The smallest absolute Gasteiger partial charge is 0.259 e. The lowest BCUT2D eigenvalue weighted by molar-refractivity contribution is -0.123. The quantitative estimate of drug-likeness (QED) is 0.400. The lowest BCUT2D eigenvalue weighted by Gasteiger charge is -2.28. The van der Waals surface area contributed by atoms with Crippen molar-refractivity contribution in [3.8, 4) is 22.5 Å². The van der Waals surface area contributed by atoms with Crippen molar-refractivity contribution in [1.29, 1.82) is 0 Å². The minimum absolute atomic E-state index is 0.0837. The fourth-order valence-corrected chi connectivity index (χ4v) is 3.64. The van der Waals surface area contributed by atoms with Crippen LogP contribution in [-0.2, 0) is 19.6 Å². The van der Waals surface area contributed by atoms with E-state index in [1.807, 2.05) is 79.4 Å². The molecule has 0 radical (unpaired) electrons. The van der Waals surface area contributed by atoms with Crippen molar-refractivity contribution < 1.29 is 27.5 Å². The number of anilines is 1. The molecule has 0 spiro atoms. The van der Waals surface area contributed by atoms with Crippen LogP contribution in [0.3, 0.4) is 0 Å². The van der Waals surface area contributed by atoms with Gasteiger partial charge >= 0.3 is 0 Å². The van der Waals surface area contributed by atoms with Crippen molar-refractivity contribution in [2.75, 3.05) is 30.7 Å². The number of hydrogen-bond acceptors (Lipinski definition) is 7. The molecular formula is C26H32N4O4S. The molecule has 0 bridgehead atoms. The van der Waals surface area contributed by atoms with Gasteiger partial charge in [-0.05, 0) is 26.7 Å². The zero-order chi connectivity index (χ0) is 31.3. The first kappa shape index (κ1) is 18.0. The van der Waals surface area contributed by atoms with Gasteiger partial charge in [0.25, 0.3) is 5.91 Å². The zero-order valence-corrected chi connectivity index (χ0v) is 20.2. The number of benzene rings is 2. The maximum absolute atomic E-state index is 12.1. The third-order valence-electron chi connectivity index (χ3n) is 4.89. The summed E-state index contributed by atoms with van der Waals surface area (Å²) in [6.45, 7) is -2.06. The number of nitrogens with one attached hydrogen (secondary N) is 1. The third-order valence-corrected chi connectivity index (χ3v) is 5.35. The highest BCUT2D eigenvalue weighted by Crippen LogP contribution is 2.30. The lowest BCUT2D eigenvalue weighted by Crippen LogP contribution is -2.33. The van der Waals surface area contributed by atoms with E-state index in [1.54, 1.807) is 6.20 Å². The fraction of sp³-hybridized carbons (Fsp3) is 0.346. The van der Waals surface area contributed by atoms with Gasteiger partial charge in [0.15, 0.2) is 0 Å². The van der Waals surface area contributed by atoms with E-state index < -0.39 is 35.2 Å². The number of ether oxygens (including phenoxy) is 1. The summed E-state index contributed by atoms with van der Waals surface area (Å²) in [5.74, 6) is -1.41. The zero-order valence-electron chi connectivity index (χ0n) is 26.4. The molecule has 186 valence electrons. The van der Waals surface area contributed by atoms with Gasteiger partial charge in [0.1, 0.15) is 12.4 Å². The van der Waals surface area contributed by atoms with Gasteiger partial charge in [-0.1, -0.05) is 60.7 Å². The number of aromatic nitrogens is 2. The highest BCUT2D eigenvalue weighted by atomic mass is 32.2. The Hall–Kier alpha value is -3.30. The topological polar surface area (TPSA) is 101 Å². The summed E-state index contributed by atoms with van der Waals surface area (Å²) in [4.78, 5) is 23.6. The normalized spacial score (nSPS) is 15.6. The van der Waals surface area contributed by atoms with Crippen molar-refractivity contribution in [1.82, 2.24) is 14.7 Å². The molecule has 35 heavy (non-hydrogen) atoms. The molecular weight excluding hydrogens is 464 g/mol. The fourth-order valence-electron chi connectivity index (χ4n) is 3.36. The summed E-state index contributed by atoms with van der Waals surface area (Å²) < 4.78 is 81.6. The van der Waals surface area contributed by atoms with Crippen LogP contribution in [0, 0.1) is 0 Å². The minimum Gasteiger partial charge on any atom is -0.372 e. The summed E-state index contributed by atoms with van der Waals surface area (Å²) in [6, 6.07) is 19.1. The highest BCUT2D eigenvalue weighted by Gasteiger charge is 2.17. The van der Waals surface area contributed by atoms with Crippen LogP contribution in [0.1, 0.15) is 36.3 Å². The Balaban J connectivity index is 1.77. The van der Waals surface area contributed by atoms with Gasteiger partial charge in [-0.25, -0.2) is 13.4 Å². The van der Waals surface area contributed by atoms with Crippen LogP contribution >= 0.6 is 0 Å². The van der Waals surface area contributed by atoms with Crippen molar-refractivity contribution in [2.45, 2.75) is 32.7 Å². The summed E-state index contributed by atoms with van der Waals surface area (Å²) >= 11 is 0. The monoisotopic (exact) mass is 503 g/mol. The third kappa shape index (κ3) is 8.15. The first-order valence-corrected chi connectivity index (χ1v) is 12.4. The second-order valence-corrected chi connectivity index (χ2v) is 9.04. The number of carbonyl (C=O) groups excluding carboxylic acids is 1. The number of amides is 1. The summed E-state index contributed by atoms with van der Waals surface area (Å²) in [5.41, 5.74) is 3.11. The van der Waals surface area contributed by atoms with Gasteiger partial charge in [0, 0.05) is 34.4 Å². The number of sulfonamides is 1. The number of nitrogens with zero attached hydrogens (tertiary/aromatic N) is 3. The van der Waals surface area contributed by atoms with Crippen LogP contribution in [0.15, 0.2) is 66.9 Å². The first-order valence-electron chi connectivity index (χ1n) is 14.4. The van der Waals surface area contributed by atoms with Gasteiger partial charge in [-0.3, -0.25) is 14.5 Å². The van der Waals surface area contributed by atoms with Crippen molar-refractivity contribution in [2.24, 2.45) is 0 Å². The van der Waals surface area contributed by atoms with E-state index in [0.717, 1.165) is 15.8 Å². The minimum atomic E-state index is -5.21. The van der Waals surface area contributed by atoms with E-state index >= 15 is 0 Å². The molecule has 0 aliphatic carbocycles. The standard InChI is InChI=1S/C26H32N4O4S/c1-20(2)30(16-10-11-17-34-19-24(31)29-35(3,32)33)23-18-27-25(21-12-6-4-7-13-21)26(28-23)22-14-8-5-9-15-22/h4-9,12-15,18,20H,10-11,16-17,19H2,1-3H3,(H,29,31)/i3D3,17D2,19D2. The molecule has 0 saturated carbocycles. The molecule has 1 amide bonds. The number of rotatable bonds is 12. The largest absolute Gasteiger partial charge is 0.372 e. The Morgan fingerprint density at radius 3 is 2.29 bits per heavy atom. The number of carbonyl (C=O) groups is 1. The number of hydrogen-bond donors (Lipinski definition) is 1. The second kappa shape index (κ2) is 12.4. The Morgan fingerprint density at radius 2 is 1.69 bits per heavy atom. The van der Waals surface area contributed by atoms with Crippen LogP contribution in [-0.4, -0.2) is 56.2 Å². The molecule has 3 rings (SSSR count). The average molecular weight is 504 g/mol. The second-order valence-electron chi connectivity index (χ2n) is 7.83. The van der Waals surface area contributed by atoms with Gasteiger partial charge in [0.2, 0.25) is 10.0 Å². The molecule has 8 nitrogen and oxygen atoms in total. The predicted octanol–water partition coefficient (Wildman–Crippen LogP) is 3.90. The first-order chi connectivity index (χ1) is 19.4. The molecule has 0 atom stereocenters. The van der Waals surface area contributed by atoms with E-state index in [9.17, 15) is 13.2 Å². The molecule has 1 aromatic heterocycles. The predicted molar refractivity (Wildman–Crippen MR) is 138 cm³/mol. The van der Waals surface area contributed by atoms with Crippen LogP contribution in [0.2, 0.25) is 0 Å². The van der Waals surface area contributed by atoms with E-state index in [2.05, 4.69) is 0 Å². The SMILES string of the molecule is [2H]C([2H])(CCCN(c1cnc(-c2ccccc2)c(-c2ccccc2)n1)C(C)C)OC([2H])([2H])C(=O)NS(=O)(=O)C([2H])([2H])[2H]. The molecule has 0 aliphatic rings. The van der Waals surface area contributed by atoms with Crippen LogP contribution in [0.25, 0.3) is 22.5 Å². The Morgan fingerprint density at radius 1 is 1.06 bits per heavy atom. The van der Waals surface area contributed by atoms with Gasteiger partial charge in [-0.2, -0.15) is 0 Å². The molecule has 0 fully saturated rings. The van der Waals surface area contributed by atoms with Crippen molar-refractivity contribution >= 4 is 21.7 Å². The Labute approximate surface area is 217 Å². The Kier molecular flexibility index (Phi) is 6.40. The summed E-state index contributed by atoms with van der Waals surface area (Å²) in [7, 11) is -5.21. The molecule has 3 aromatic rings. The van der Waals surface area contributed by atoms with Crippen LogP contribution < -0.4 is 9.62 Å². The Bertz CT molecular complexity index is 1470.